The van der Waals surface area contributed by atoms with Crippen LogP contribution in [-0.2, 0) is 13.0 Å². The fourth-order valence-electron chi connectivity index (χ4n) is 2.38. The standard InChI is InChI=1S/C15H23N3/c1-3-16-12-8-7-11-15-17-13-9-5-6-10-14(13)18(15)4-2/h5-6,9-10,16H,3-4,7-8,11-12H2,1-2H3. The summed E-state index contributed by atoms with van der Waals surface area (Å²) in [4.78, 5) is 4.74. The Balaban J connectivity index is 2.03. The number of imidazole rings is 1. The highest BCUT2D eigenvalue weighted by atomic mass is 15.1. The molecule has 98 valence electrons. The van der Waals surface area contributed by atoms with Gasteiger partial charge in [0.05, 0.1) is 11.0 Å². The smallest absolute Gasteiger partial charge is 0.109 e. The van der Waals surface area contributed by atoms with Gasteiger partial charge in [-0.1, -0.05) is 19.1 Å². The molecule has 2 rings (SSSR count). The lowest BCUT2D eigenvalue weighted by molar-refractivity contribution is 0.614. The number of aryl methyl sites for hydroxylation is 2. The van der Waals surface area contributed by atoms with Crippen LogP contribution in [0.1, 0.15) is 32.5 Å². The Hall–Kier alpha value is -1.35. The van der Waals surface area contributed by atoms with E-state index in [0.717, 1.165) is 31.6 Å². The summed E-state index contributed by atoms with van der Waals surface area (Å²) in [6.45, 7) is 7.52. The van der Waals surface area contributed by atoms with Crippen molar-refractivity contribution < 1.29 is 0 Å². The van der Waals surface area contributed by atoms with Crippen LogP contribution in [0.4, 0.5) is 0 Å². The van der Waals surface area contributed by atoms with Crippen molar-refractivity contribution in [3.63, 3.8) is 0 Å². The molecule has 1 heterocycles. The zero-order valence-electron chi connectivity index (χ0n) is 11.4. The minimum atomic E-state index is 1.00. The van der Waals surface area contributed by atoms with E-state index in [-0.39, 0.29) is 0 Å². The largest absolute Gasteiger partial charge is 0.328 e. The third kappa shape index (κ3) is 2.91. The van der Waals surface area contributed by atoms with E-state index in [4.69, 9.17) is 4.98 Å². The normalized spacial score (nSPS) is 11.2. The second-order valence-electron chi connectivity index (χ2n) is 4.57. The van der Waals surface area contributed by atoms with Crippen molar-refractivity contribution in [2.45, 2.75) is 39.7 Å². The Morgan fingerprint density at radius 2 is 2.00 bits per heavy atom. The van der Waals surface area contributed by atoms with Gasteiger partial charge >= 0.3 is 0 Å². The van der Waals surface area contributed by atoms with E-state index >= 15 is 0 Å². The minimum Gasteiger partial charge on any atom is -0.328 e. The maximum Gasteiger partial charge on any atom is 0.109 e. The number of nitrogens with zero attached hydrogens (tertiary/aromatic N) is 2. The molecule has 0 saturated heterocycles. The molecule has 2 aromatic rings. The van der Waals surface area contributed by atoms with Gasteiger partial charge in [0.25, 0.3) is 0 Å². The van der Waals surface area contributed by atoms with Crippen LogP contribution in [-0.4, -0.2) is 22.6 Å². The predicted molar refractivity (Wildman–Crippen MR) is 76.9 cm³/mol. The molecule has 0 spiro atoms. The van der Waals surface area contributed by atoms with Crippen molar-refractivity contribution in [2.75, 3.05) is 13.1 Å². The molecule has 1 aromatic carbocycles. The maximum atomic E-state index is 4.74. The van der Waals surface area contributed by atoms with Crippen LogP contribution >= 0.6 is 0 Å². The van der Waals surface area contributed by atoms with E-state index in [1.807, 2.05) is 0 Å². The lowest BCUT2D eigenvalue weighted by Gasteiger charge is -2.06. The lowest BCUT2D eigenvalue weighted by Crippen LogP contribution is -2.14. The first-order valence-corrected chi connectivity index (χ1v) is 7.01. The van der Waals surface area contributed by atoms with Crippen molar-refractivity contribution in [2.24, 2.45) is 0 Å². The molecule has 1 aromatic heterocycles. The van der Waals surface area contributed by atoms with Crippen LogP contribution in [0.3, 0.4) is 0 Å². The molecular weight excluding hydrogens is 222 g/mol. The van der Waals surface area contributed by atoms with Gasteiger partial charge in [-0.05, 0) is 45.0 Å². The maximum absolute atomic E-state index is 4.74. The zero-order valence-corrected chi connectivity index (χ0v) is 11.4. The van der Waals surface area contributed by atoms with Crippen LogP contribution < -0.4 is 5.32 Å². The minimum absolute atomic E-state index is 1.00. The number of fused-ring (bicyclic) bond motifs is 1. The molecule has 0 atom stereocenters. The van der Waals surface area contributed by atoms with Crippen LogP contribution in [0.5, 0.6) is 0 Å². The quantitative estimate of drug-likeness (QED) is 0.760. The predicted octanol–water partition coefficient (Wildman–Crippen LogP) is 2.99. The number of nitrogens with one attached hydrogen (secondary N) is 1. The first kappa shape index (κ1) is 13.1. The van der Waals surface area contributed by atoms with Crippen molar-refractivity contribution in [1.82, 2.24) is 14.9 Å². The average Bonchev–Trinajstić information content (AvgIpc) is 2.76. The molecule has 1 N–H and O–H groups in total. The number of hydrogen-bond donors (Lipinski definition) is 1. The summed E-state index contributed by atoms with van der Waals surface area (Å²) in [5, 5.41) is 3.36. The van der Waals surface area contributed by atoms with Crippen LogP contribution in [0.25, 0.3) is 11.0 Å². The van der Waals surface area contributed by atoms with E-state index in [9.17, 15) is 0 Å². The number of hydrogen-bond acceptors (Lipinski definition) is 2. The molecular formula is C15H23N3. The van der Waals surface area contributed by atoms with Gasteiger partial charge in [0, 0.05) is 13.0 Å². The molecule has 0 amide bonds. The van der Waals surface area contributed by atoms with Gasteiger partial charge in [-0.15, -0.1) is 0 Å². The Bertz CT molecular complexity index is 487. The fourth-order valence-corrected chi connectivity index (χ4v) is 2.38. The molecule has 0 saturated carbocycles. The van der Waals surface area contributed by atoms with Gasteiger partial charge in [-0.25, -0.2) is 4.98 Å². The highest BCUT2D eigenvalue weighted by Gasteiger charge is 2.07. The molecule has 0 unspecified atom stereocenters. The summed E-state index contributed by atoms with van der Waals surface area (Å²) in [6, 6.07) is 8.41. The van der Waals surface area contributed by atoms with E-state index in [0.29, 0.717) is 0 Å². The molecule has 0 radical (unpaired) electrons. The highest BCUT2D eigenvalue weighted by Crippen LogP contribution is 2.17. The Morgan fingerprint density at radius 3 is 2.78 bits per heavy atom. The molecule has 18 heavy (non-hydrogen) atoms. The first-order chi connectivity index (χ1) is 8.86. The molecule has 3 nitrogen and oxygen atoms in total. The highest BCUT2D eigenvalue weighted by molar-refractivity contribution is 5.75. The number of aromatic nitrogens is 2. The zero-order chi connectivity index (χ0) is 12.8. The number of para-hydroxylation sites is 2. The molecule has 0 aliphatic carbocycles. The lowest BCUT2D eigenvalue weighted by atomic mass is 10.2. The van der Waals surface area contributed by atoms with Gasteiger partial charge in [0.2, 0.25) is 0 Å². The van der Waals surface area contributed by atoms with Gasteiger partial charge in [0.15, 0.2) is 0 Å². The molecule has 0 aliphatic heterocycles. The van der Waals surface area contributed by atoms with Gasteiger partial charge in [0.1, 0.15) is 5.82 Å². The monoisotopic (exact) mass is 245 g/mol. The van der Waals surface area contributed by atoms with Crippen molar-refractivity contribution in [3.05, 3.63) is 30.1 Å². The summed E-state index contributed by atoms with van der Waals surface area (Å²) in [7, 11) is 0. The first-order valence-electron chi connectivity index (χ1n) is 7.01. The summed E-state index contributed by atoms with van der Waals surface area (Å²) < 4.78 is 2.34. The number of rotatable bonds is 7. The summed E-state index contributed by atoms with van der Waals surface area (Å²) in [5.41, 5.74) is 2.39. The van der Waals surface area contributed by atoms with Gasteiger partial charge in [-0.3, -0.25) is 0 Å². The molecule has 0 bridgehead atoms. The third-order valence-corrected chi connectivity index (χ3v) is 3.30. The summed E-state index contributed by atoms with van der Waals surface area (Å²) in [5.74, 6) is 1.23. The van der Waals surface area contributed by atoms with Gasteiger partial charge < -0.3 is 9.88 Å². The summed E-state index contributed by atoms with van der Waals surface area (Å²) in [6.07, 6.45) is 3.50. The van der Waals surface area contributed by atoms with E-state index < -0.39 is 0 Å². The van der Waals surface area contributed by atoms with E-state index in [1.54, 1.807) is 0 Å². The summed E-state index contributed by atoms with van der Waals surface area (Å²) >= 11 is 0. The molecule has 3 heteroatoms. The Kier molecular flexibility index (Phi) is 4.76. The SMILES string of the molecule is CCNCCCCc1nc2ccccc2n1CC. The average molecular weight is 245 g/mol. The van der Waals surface area contributed by atoms with Crippen molar-refractivity contribution in [1.29, 1.82) is 0 Å². The number of benzene rings is 1. The molecule has 0 fully saturated rings. The number of unbranched alkanes of at least 4 members (excludes halogenated alkanes) is 1. The van der Waals surface area contributed by atoms with Crippen LogP contribution in [0, 0.1) is 0 Å². The van der Waals surface area contributed by atoms with Crippen LogP contribution in [0.2, 0.25) is 0 Å². The van der Waals surface area contributed by atoms with Gasteiger partial charge in [-0.2, -0.15) is 0 Å². The topological polar surface area (TPSA) is 29.9 Å². The fraction of sp³-hybridized carbons (Fsp3) is 0.533. The van der Waals surface area contributed by atoms with E-state index in [2.05, 4.69) is 48.0 Å². The second kappa shape index (κ2) is 6.55. The Morgan fingerprint density at radius 1 is 1.17 bits per heavy atom. The molecule has 0 aliphatic rings. The second-order valence-corrected chi connectivity index (χ2v) is 4.57. The van der Waals surface area contributed by atoms with Crippen LogP contribution in [0.15, 0.2) is 24.3 Å². The van der Waals surface area contributed by atoms with E-state index in [1.165, 1.54) is 24.2 Å². The third-order valence-electron chi connectivity index (χ3n) is 3.30. The van der Waals surface area contributed by atoms with Crippen molar-refractivity contribution in [3.8, 4) is 0 Å². The van der Waals surface area contributed by atoms with Crippen molar-refractivity contribution >= 4 is 11.0 Å². The Labute approximate surface area is 109 Å².